The Labute approximate surface area is 109 Å². The number of sulfonamides is 1. The van der Waals surface area contributed by atoms with Crippen molar-refractivity contribution in [2.24, 2.45) is 5.41 Å². The molecule has 0 aliphatic carbocycles. The Balaban J connectivity index is 2.67. The van der Waals surface area contributed by atoms with Crippen LogP contribution < -0.4 is 0 Å². The molecule has 0 unspecified atom stereocenters. The molecule has 0 radical (unpaired) electrons. The maximum Gasteiger partial charge on any atom is 0.304 e. The molecule has 18 heavy (non-hydrogen) atoms. The third-order valence-electron chi connectivity index (χ3n) is 3.10. The van der Waals surface area contributed by atoms with Crippen LogP contribution in [0.3, 0.4) is 0 Å². The lowest BCUT2D eigenvalue weighted by Crippen LogP contribution is -2.38. The summed E-state index contributed by atoms with van der Waals surface area (Å²) in [4.78, 5) is 10.4. The summed E-state index contributed by atoms with van der Waals surface area (Å²) in [7, 11) is -3.44. The Morgan fingerprint density at radius 2 is 2.06 bits per heavy atom. The molecule has 5 nitrogen and oxygen atoms in total. The quantitative estimate of drug-likeness (QED) is 0.788. The maximum atomic E-state index is 11.9. The first-order valence-electron chi connectivity index (χ1n) is 6.02. The van der Waals surface area contributed by atoms with Gasteiger partial charge in [0.1, 0.15) is 0 Å². The average molecular weight is 275 g/mol. The van der Waals surface area contributed by atoms with Crippen molar-refractivity contribution in [1.29, 1.82) is 0 Å². The van der Waals surface area contributed by atoms with Crippen molar-refractivity contribution in [3.05, 3.63) is 11.6 Å². The van der Waals surface area contributed by atoms with Gasteiger partial charge in [0.25, 0.3) is 0 Å². The van der Waals surface area contributed by atoms with Crippen molar-refractivity contribution >= 4 is 16.0 Å². The molecule has 0 bridgehead atoms. The smallest absolute Gasteiger partial charge is 0.304 e. The largest absolute Gasteiger partial charge is 0.481 e. The lowest BCUT2D eigenvalue weighted by atomic mass is 9.83. The zero-order valence-corrected chi connectivity index (χ0v) is 12.0. The minimum atomic E-state index is -3.44. The summed E-state index contributed by atoms with van der Waals surface area (Å²) >= 11 is 0. The predicted molar refractivity (Wildman–Crippen MR) is 69.8 cm³/mol. The van der Waals surface area contributed by atoms with Crippen molar-refractivity contribution in [3.63, 3.8) is 0 Å². The topological polar surface area (TPSA) is 74.7 Å². The van der Waals surface area contributed by atoms with Crippen molar-refractivity contribution in [2.75, 3.05) is 18.8 Å². The molecule has 0 saturated heterocycles. The summed E-state index contributed by atoms with van der Waals surface area (Å²) in [6, 6.07) is 0. The molecule has 0 saturated carbocycles. The van der Waals surface area contributed by atoms with Crippen LogP contribution in [0.4, 0.5) is 0 Å². The average Bonchev–Trinajstić information content (AvgIpc) is 2.26. The standard InChI is InChI=1S/C12H21NO4S/c1-12(2,3)10-4-7-13(8-5-10)18(16,17)9-6-11(14)15/h4H,5-9H2,1-3H3,(H,14,15). The van der Waals surface area contributed by atoms with Crippen molar-refractivity contribution in [3.8, 4) is 0 Å². The Morgan fingerprint density at radius 1 is 1.44 bits per heavy atom. The maximum absolute atomic E-state index is 11.9. The zero-order chi connectivity index (χ0) is 14.0. The molecule has 1 aliphatic rings. The summed E-state index contributed by atoms with van der Waals surface area (Å²) in [5.74, 6) is -1.40. The fraction of sp³-hybridized carbons (Fsp3) is 0.750. The van der Waals surface area contributed by atoms with Gasteiger partial charge in [-0.15, -0.1) is 0 Å². The van der Waals surface area contributed by atoms with Crippen molar-refractivity contribution < 1.29 is 18.3 Å². The number of carboxylic acid groups (broad SMARTS) is 1. The van der Waals surface area contributed by atoms with Gasteiger partial charge in [-0.3, -0.25) is 4.79 Å². The van der Waals surface area contributed by atoms with Crippen LogP contribution in [0, 0.1) is 5.41 Å². The van der Waals surface area contributed by atoms with Crippen LogP contribution in [-0.4, -0.2) is 42.6 Å². The van der Waals surface area contributed by atoms with E-state index in [0.29, 0.717) is 13.1 Å². The SMILES string of the molecule is CC(C)(C)C1=CCN(S(=O)(=O)CCC(=O)O)CC1. The minimum absolute atomic E-state index is 0.0664. The molecule has 104 valence electrons. The van der Waals surface area contributed by atoms with Crippen LogP contribution in [0.15, 0.2) is 11.6 Å². The Hall–Kier alpha value is -0.880. The van der Waals surface area contributed by atoms with Crippen LogP contribution in [-0.2, 0) is 14.8 Å². The third kappa shape index (κ3) is 4.10. The fourth-order valence-electron chi connectivity index (χ4n) is 1.93. The fourth-order valence-corrected chi connectivity index (χ4v) is 3.29. The van der Waals surface area contributed by atoms with E-state index in [1.165, 1.54) is 9.88 Å². The number of rotatable bonds is 4. The summed E-state index contributed by atoms with van der Waals surface area (Å²) in [5.41, 5.74) is 1.32. The Bertz CT molecular complexity index is 445. The molecule has 1 heterocycles. The van der Waals surface area contributed by atoms with Crippen LogP contribution in [0.25, 0.3) is 0 Å². The van der Waals surface area contributed by atoms with Gasteiger partial charge in [0.05, 0.1) is 12.2 Å². The van der Waals surface area contributed by atoms with E-state index in [0.717, 1.165) is 6.42 Å². The van der Waals surface area contributed by atoms with Crippen LogP contribution in [0.2, 0.25) is 0 Å². The van der Waals surface area contributed by atoms with E-state index in [1.807, 2.05) is 6.08 Å². The van der Waals surface area contributed by atoms with Crippen molar-refractivity contribution in [1.82, 2.24) is 4.31 Å². The normalized spacial score (nSPS) is 18.5. The van der Waals surface area contributed by atoms with Gasteiger partial charge in [-0.1, -0.05) is 32.4 Å². The highest BCUT2D eigenvalue weighted by atomic mass is 32.2. The molecule has 0 fully saturated rings. The molecule has 6 heteroatoms. The summed E-state index contributed by atoms with van der Waals surface area (Å²) in [6.07, 6.45) is 2.33. The zero-order valence-electron chi connectivity index (χ0n) is 11.1. The molecule has 0 aromatic rings. The van der Waals surface area contributed by atoms with E-state index in [9.17, 15) is 13.2 Å². The Kier molecular flexibility index (Phi) is 4.55. The van der Waals surface area contributed by atoms with Gasteiger partial charge in [-0.25, -0.2) is 8.42 Å². The van der Waals surface area contributed by atoms with Crippen LogP contribution >= 0.6 is 0 Å². The van der Waals surface area contributed by atoms with Gasteiger partial charge in [0.15, 0.2) is 0 Å². The van der Waals surface area contributed by atoms with E-state index in [-0.39, 0.29) is 17.6 Å². The first kappa shape index (κ1) is 15.2. The molecule has 1 aliphatic heterocycles. The Morgan fingerprint density at radius 3 is 2.44 bits per heavy atom. The lowest BCUT2D eigenvalue weighted by molar-refractivity contribution is -0.136. The van der Waals surface area contributed by atoms with E-state index in [2.05, 4.69) is 20.8 Å². The third-order valence-corrected chi connectivity index (χ3v) is 4.94. The first-order chi connectivity index (χ1) is 8.13. The molecule has 0 amide bonds. The second-order valence-electron chi connectivity index (χ2n) is 5.55. The number of carbonyl (C=O) groups is 1. The molecule has 0 atom stereocenters. The predicted octanol–water partition coefficient (Wildman–Crippen LogP) is 1.47. The molecule has 0 aromatic carbocycles. The lowest BCUT2D eigenvalue weighted by Gasteiger charge is -2.31. The summed E-state index contributed by atoms with van der Waals surface area (Å²) < 4.78 is 25.1. The van der Waals surface area contributed by atoms with Crippen LogP contribution in [0.5, 0.6) is 0 Å². The highest BCUT2D eigenvalue weighted by molar-refractivity contribution is 7.89. The number of nitrogens with zero attached hydrogens (tertiary/aromatic N) is 1. The van der Waals surface area contributed by atoms with Gasteiger partial charge in [-0.05, 0) is 11.8 Å². The van der Waals surface area contributed by atoms with Crippen molar-refractivity contribution in [2.45, 2.75) is 33.6 Å². The highest BCUT2D eigenvalue weighted by Crippen LogP contribution is 2.30. The number of hydrogen-bond donors (Lipinski definition) is 1. The highest BCUT2D eigenvalue weighted by Gasteiger charge is 2.27. The van der Waals surface area contributed by atoms with Crippen LogP contribution in [0.1, 0.15) is 33.6 Å². The number of aliphatic carboxylic acids is 1. The van der Waals surface area contributed by atoms with Gasteiger partial charge >= 0.3 is 5.97 Å². The van der Waals surface area contributed by atoms with Gasteiger partial charge in [0.2, 0.25) is 10.0 Å². The second kappa shape index (κ2) is 5.40. The van der Waals surface area contributed by atoms with E-state index in [4.69, 9.17) is 5.11 Å². The summed E-state index contributed by atoms with van der Waals surface area (Å²) in [5, 5.41) is 8.53. The summed E-state index contributed by atoms with van der Waals surface area (Å²) in [6.45, 7) is 7.12. The van der Waals surface area contributed by atoms with E-state index >= 15 is 0 Å². The van der Waals surface area contributed by atoms with E-state index in [1.54, 1.807) is 0 Å². The van der Waals surface area contributed by atoms with E-state index < -0.39 is 16.0 Å². The van der Waals surface area contributed by atoms with Gasteiger partial charge in [0, 0.05) is 13.1 Å². The van der Waals surface area contributed by atoms with Gasteiger partial charge in [-0.2, -0.15) is 4.31 Å². The first-order valence-corrected chi connectivity index (χ1v) is 7.63. The molecular formula is C12H21NO4S. The molecule has 1 N–H and O–H groups in total. The molecular weight excluding hydrogens is 254 g/mol. The monoisotopic (exact) mass is 275 g/mol. The molecule has 0 aromatic heterocycles. The molecule has 1 rings (SSSR count). The second-order valence-corrected chi connectivity index (χ2v) is 7.64. The number of carboxylic acids is 1. The van der Waals surface area contributed by atoms with Gasteiger partial charge < -0.3 is 5.11 Å². The molecule has 0 spiro atoms. The minimum Gasteiger partial charge on any atom is -0.481 e. The number of hydrogen-bond acceptors (Lipinski definition) is 3.